The molecule has 14 heteroatoms. The molecule has 0 aliphatic rings. The number of hydrogen-bond acceptors (Lipinski definition) is 7. The minimum absolute atomic E-state index is 0.0407. The monoisotopic (exact) mass is 495 g/mol. The van der Waals surface area contributed by atoms with Gasteiger partial charge in [-0.15, -0.1) is 0 Å². The fourth-order valence-corrected chi connectivity index (χ4v) is 3.12. The van der Waals surface area contributed by atoms with Gasteiger partial charge in [0.25, 0.3) is 0 Å². The van der Waals surface area contributed by atoms with Crippen LogP contribution in [-0.2, 0) is 25.6 Å². The number of nitrogens with zero attached hydrogens (tertiary/aromatic N) is 2. The molecule has 0 aliphatic heterocycles. The fraction of sp³-hybridized carbons (Fsp3) is 0.619. The third kappa shape index (κ3) is 11.3. The molecule has 35 heavy (non-hydrogen) atoms. The zero-order chi connectivity index (χ0) is 26.5. The number of hydrogen-bond donors (Lipinski definition) is 8. The van der Waals surface area contributed by atoms with Crippen LogP contribution in [0.5, 0.6) is 0 Å². The van der Waals surface area contributed by atoms with Gasteiger partial charge in [-0.3, -0.25) is 19.4 Å². The van der Waals surface area contributed by atoms with Gasteiger partial charge in [0.1, 0.15) is 18.1 Å². The number of carboxylic acid groups (broad SMARTS) is 1. The molecule has 1 aromatic heterocycles. The summed E-state index contributed by atoms with van der Waals surface area (Å²) in [5.41, 5.74) is 17.0. The summed E-state index contributed by atoms with van der Waals surface area (Å²) in [5.74, 6) is -3.04. The predicted octanol–water partition coefficient (Wildman–Crippen LogP) is -2.06. The van der Waals surface area contributed by atoms with Crippen LogP contribution in [0.4, 0.5) is 0 Å². The average Bonchev–Trinajstić information content (AvgIpc) is 3.27. The number of carbonyl (C=O) groups excluding carboxylic acids is 3. The second-order valence-corrected chi connectivity index (χ2v) is 8.66. The lowest BCUT2D eigenvalue weighted by molar-refractivity contribution is -0.142. The minimum Gasteiger partial charge on any atom is -0.480 e. The molecule has 1 heterocycles. The summed E-state index contributed by atoms with van der Waals surface area (Å²) < 4.78 is 0. The fourth-order valence-electron chi connectivity index (χ4n) is 3.12. The van der Waals surface area contributed by atoms with E-state index >= 15 is 0 Å². The van der Waals surface area contributed by atoms with Crippen molar-refractivity contribution in [1.82, 2.24) is 25.9 Å². The summed E-state index contributed by atoms with van der Waals surface area (Å²) in [6.07, 6.45) is 3.98. The van der Waals surface area contributed by atoms with E-state index in [1.165, 1.54) is 19.4 Å². The Hall–Kier alpha value is -3.68. The molecule has 0 spiro atoms. The van der Waals surface area contributed by atoms with Gasteiger partial charge < -0.3 is 43.2 Å². The molecule has 0 radical (unpaired) electrons. The van der Waals surface area contributed by atoms with E-state index in [1.807, 2.05) is 13.8 Å². The SMILES string of the molecule is CC(C)CC(NC(=O)C(C)NC(=O)C(Cc1cnc[nH]1)NC(=O)C(N)CCCN=C(N)N)C(=O)O. The van der Waals surface area contributed by atoms with E-state index in [4.69, 9.17) is 17.2 Å². The van der Waals surface area contributed by atoms with Crippen LogP contribution in [0.15, 0.2) is 17.5 Å². The highest BCUT2D eigenvalue weighted by atomic mass is 16.4. The Labute approximate surface area is 203 Å². The van der Waals surface area contributed by atoms with Crippen LogP contribution in [0.25, 0.3) is 0 Å². The van der Waals surface area contributed by atoms with Crippen molar-refractivity contribution in [2.75, 3.05) is 6.54 Å². The lowest BCUT2D eigenvalue weighted by Gasteiger charge is -2.23. The lowest BCUT2D eigenvalue weighted by atomic mass is 10.0. The van der Waals surface area contributed by atoms with Crippen LogP contribution >= 0.6 is 0 Å². The highest BCUT2D eigenvalue weighted by Crippen LogP contribution is 2.06. The number of carboxylic acids is 1. The number of aliphatic carboxylic acids is 1. The summed E-state index contributed by atoms with van der Waals surface area (Å²) in [4.78, 5) is 60.0. The number of aromatic amines is 1. The number of nitrogens with one attached hydrogen (secondary N) is 4. The van der Waals surface area contributed by atoms with Gasteiger partial charge in [-0.1, -0.05) is 13.8 Å². The van der Waals surface area contributed by atoms with E-state index in [0.717, 1.165) is 0 Å². The normalized spacial score (nSPS) is 14.3. The number of H-pyrrole nitrogens is 1. The second kappa shape index (κ2) is 14.6. The molecular weight excluding hydrogens is 458 g/mol. The van der Waals surface area contributed by atoms with E-state index in [-0.39, 0.29) is 31.1 Å². The van der Waals surface area contributed by atoms with E-state index in [0.29, 0.717) is 18.7 Å². The van der Waals surface area contributed by atoms with Gasteiger partial charge in [0.15, 0.2) is 5.96 Å². The number of aliphatic imine (C=N–C) groups is 1. The molecule has 4 atom stereocenters. The van der Waals surface area contributed by atoms with Crippen LogP contribution in [0.2, 0.25) is 0 Å². The van der Waals surface area contributed by atoms with Gasteiger partial charge in [0.05, 0.1) is 12.4 Å². The third-order valence-electron chi connectivity index (χ3n) is 4.99. The van der Waals surface area contributed by atoms with E-state index < -0.39 is 47.9 Å². The van der Waals surface area contributed by atoms with Crippen LogP contribution in [0, 0.1) is 5.92 Å². The first-order valence-corrected chi connectivity index (χ1v) is 11.3. The zero-order valence-electron chi connectivity index (χ0n) is 20.3. The molecule has 14 nitrogen and oxygen atoms in total. The summed E-state index contributed by atoms with van der Waals surface area (Å²) in [6.45, 7) is 5.40. The molecule has 0 aromatic carbocycles. The van der Waals surface area contributed by atoms with E-state index in [2.05, 4.69) is 30.9 Å². The molecule has 4 unspecified atom stereocenters. The van der Waals surface area contributed by atoms with Crippen LogP contribution in [0.1, 0.15) is 45.7 Å². The Morgan fingerprint density at radius 1 is 1.06 bits per heavy atom. The van der Waals surface area contributed by atoms with Gasteiger partial charge in [-0.25, -0.2) is 9.78 Å². The molecule has 0 bridgehead atoms. The van der Waals surface area contributed by atoms with E-state index in [1.54, 1.807) is 0 Å². The molecule has 196 valence electrons. The molecule has 11 N–H and O–H groups in total. The Kier molecular flexibility index (Phi) is 12.2. The number of rotatable bonds is 15. The topological polar surface area (TPSA) is 244 Å². The summed E-state index contributed by atoms with van der Waals surface area (Å²) >= 11 is 0. The maximum atomic E-state index is 12.9. The smallest absolute Gasteiger partial charge is 0.326 e. The number of amides is 3. The highest BCUT2D eigenvalue weighted by Gasteiger charge is 2.29. The lowest BCUT2D eigenvalue weighted by Crippen LogP contribution is -2.57. The molecule has 0 fully saturated rings. The van der Waals surface area contributed by atoms with Gasteiger partial charge >= 0.3 is 5.97 Å². The van der Waals surface area contributed by atoms with Crippen molar-refractivity contribution in [3.05, 3.63) is 18.2 Å². The van der Waals surface area contributed by atoms with E-state index in [9.17, 15) is 24.3 Å². The second-order valence-electron chi connectivity index (χ2n) is 8.66. The molecule has 1 aromatic rings. The van der Waals surface area contributed by atoms with Crippen molar-refractivity contribution >= 4 is 29.7 Å². The quantitative estimate of drug-likeness (QED) is 0.0756. The summed E-state index contributed by atoms with van der Waals surface area (Å²) in [6, 6.07) is -4.10. The number of aromatic nitrogens is 2. The van der Waals surface area contributed by atoms with Crippen molar-refractivity contribution in [1.29, 1.82) is 0 Å². The number of guanidine groups is 1. The Morgan fingerprint density at radius 2 is 1.71 bits per heavy atom. The maximum Gasteiger partial charge on any atom is 0.326 e. The van der Waals surface area contributed by atoms with Crippen LogP contribution < -0.4 is 33.2 Å². The number of carbonyl (C=O) groups is 4. The van der Waals surface area contributed by atoms with Crippen molar-refractivity contribution in [3.8, 4) is 0 Å². The Morgan fingerprint density at radius 3 is 2.26 bits per heavy atom. The van der Waals surface area contributed by atoms with Crippen molar-refractivity contribution in [2.24, 2.45) is 28.1 Å². The maximum absolute atomic E-state index is 12.9. The molecule has 1 rings (SSSR count). The van der Waals surface area contributed by atoms with Crippen LogP contribution in [0.3, 0.4) is 0 Å². The predicted molar refractivity (Wildman–Crippen MR) is 129 cm³/mol. The summed E-state index contributed by atoms with van der Waals surface area (Å²) in [5, 5.41) is 16.9. The zero-order valence-corrected chi connectivity index (χ0v) is 20.3. The molecular formula is C21H37N9O5. The Balaban J connectivity index is 2.80. The number of imidazole rings is 1. The van der Waals surface area contributed by atoms with Crippen LogP contribution in [-0.4, -0.2) is 75.4 Å². The highest BCUT2D eigenvalue weighted by molar-refractivity contribution is 5.94. The first kappa shape index (κ1) is 29.4. The summed E-state index contributed by atoms with van der Waals surface area (Å²) in [7, 11) is 0. The van der Waals surface area contributed by atoms with Gasteiger partial charge in [0, 0.05) is 24.9 Å². The molecule has 0 saturated carbocycles. The van der Waals surface area contributed by atoms with Crippen molar-refractivity contribution < 1.29 is 24.3 Å². The average molecular weight is 496 g/mol. The molecule has 3 amide bonds. The first-order chi connectivity index (χ1) is 16.4. The standard InChI is InChI=1S/C21H37N9O5/c1-11(2)7-16(20(34)35)30-17(31)12(3)28-19(33)15(8-13-9-25-10-27-13)29-18(32)14(22)5-4-6-26-21(23)24/h9-12,14-16H,4-8,22H2,1-3H3,(H,25,27)(H,28,33)(H,29,32)(H,30,31)(H,34,35)(H4,23,24,26). The largest absolute Gasteiger partial charge is 0.480 e. The third-order valence-corrected chi connectivity index (χ3v) is 4.99. The number of nitrogens with two attached hydrogens (primary N) is 3. The molecule has 0 saturated heterocycles. The molecule has 0 aliphatic carbocycles. The van der Waals surface area contributed by atoms with Crippen molar-refractivity contribution in [3.63, 3.8) is 0 Å². The van der Waals surface area contributed by atoms with Gasteiger partial charge in [-0.05, 0) is 32.1 Å². The van der Waals surface area contributed by atoms with Crippen molar-refractivity contribution in [2.45, 2.75) is 70.6 Å². The van der Waals surface area contributed by atoms with Gasteiger partial charge in [-0.2, -0.15) is 0 Å². The Bertz CT molecular complexity index is 869. The van der Waals surface area contributed by atoms with Gasteiger partial charge in [0.2, 0.25) is 17.7 Å². The minimum atomic E-state index is -1.16. The first-order valence-electron chi connectivity index (χ1n) is 11.3.